The second-order valence-corrected chi connectivity index (χ2v) is 9.40. The zero-order chi connectivity index (χ0) is 30.3. The summed E-state index contributed by atoms with van der Waals surface area (Å²) in [4.78, 5) is 38.3. The van der Waals surface area contributed by atoms with E-state index in [4.69, 9.17) is 21.1 Å². The maximum Gasteiger partial charge on any atom is 0.290 e. The van der Waals surface area contributed by atoms with Gasteiger partial charge in [-0.2, -0.15) is 5.10 Å². The van der Waals surface area contributed by atoms with Crippen LogP contribution in [0, 0.1) is 10.1 Å². The van der Waals surface area contributed by atoms with Gasteiger partial charge in [0, 0.05) is 17.0 Å². The van der Waals surface area contributed by atoms with E-state index in [1.54, 1.807) is 24.3 Å². The van der Waals surface area contributed by atoms with Gasteiger partial charge in [0.2, 0.25) is 5.91 Å². The lowest BCUT2D eigenvalue weighted by molar-refractivity contribution is -0.384. The molecule has 3 aromatic carbocycles. The van der Waals surface area contributed by atoms with Crippen LogP contribution in [0.3, 0.4) is 0 Å². The number of aromatic nitrogens is 4. The number of hydrogen-bond acceptors (Lipinski definition) is 9. The fourth-order valence-corrected chi connectivity index (χ4v) is 4.28. The molecule has 0 radical (unpaired) electrons. The molecule has 0 fully saturated rings. The lowest BCUT2D eigenvalue weighted by Crippen LogP contribution is -2.19. The smallest absolute Gasteiger partial charge is 0.290 e. The van der Waals surface area contributed by atoms with Gasteiger partial charge in [0.05, 0.1) is 30.1 Å². The quantitative estimate of drug-likeness (QED) is 0.114. The van der Waals surface area contributed by atoms with Crippen molar-refractivity contribution in [3.63, 3.8) is 0 Å². The predicted octanol–water partition coefficient (Wildman–Crippen LogP) is 4.31. The lowest BCUT2D eigenvalue weighted by atomic mass is 10.2. The predicted molar refractivity (Wildman–Crippen MR) is 157 cm³/mol. The van der Waals surface area contributed by atoms with Crippen molar-refractivity contribution >= 4 is 51.9 Å². The summed E-state index contributed by atoms with van der Waals surface area (Å²) in [6.45, 7) is -0.178. The van der Waals surface area contributed by atoms with Gasteiger partial charge >= 0.3 is 0 Å². The number of anilines is 1. The van der Waals surface area contributed by atoms with Crippen molar-refractivity contribution in [3.05, 3.63) is 105 Å². The van der Waals surface area contributed by atoms with E-state index >= 15 is 0 Å². The number of methoxy groups -OCH3 is 1. The first-order valence-corrected chi connectivity index (χ1v) is 13.0. The fourth-order valence-electron chi connectivity index (χ4n) is 4.03. The van der Waals surface area contributed by atoms with Crippen molar-refractivity contribution < 1.29 is 24.0 Å². The highest BCUT2D eigenvalue weighted by Gasteiger charge is 2.17. The molecule has 0 saturated carbocycles. The van der Waals surface area contributed by atoms with Crippen LogP contribution in [0.1, 0.15) is 21.7 Å². The standard InChI is InChI=1S/C28H23ClN8O6/c1-42-25-11-17(13-30-34-28(39)22-12-18-5-2-3-6-20(18)31-22)9-10-24(25)43-16-19-14-36(35-33-19)15-26(38)32-21-7-4-8-23(27(21)29)37(40)41/h2-14,31H,15-16H2,1H3,(H,32,38)(H,34,39)/b30-13+. The van der Waals surface area contributed by atoms with Crippen LogP contribution in [0.2, 0.25) is 5.02 Å². The number of carbonyl (C=O) groups excluding carboxylic acids is 2. The van der Waals surface area contributed by atoms with Gasteiger partial charge in [0.1, 0.15) is 29.6 Å². The van der Waals surface area contributed by atoms with Crippen LogP contribution in [0.25, 0.3) is 10.9 Å². The number of benzene rings is 3. The number of nitro groups is 1. The number of amides is 2. The Morgan fingerprint density at radius 1 is 1.14 bits per heavy atom. The SMILES string of the molecule is COc1cc(/C=N/NC(=O)c2cc3ccccc3[nH]2)ccc1OCc1cn(CC(=O)Nc2cccc([N+](=O)[O-])c2Cl)nn1. The van der Waals surface area contributed by atoms with Gasteiger partial charge < -0.3 is 19.8 Å². The van der Waals surface area contributed by atoms with Crippen molar-refractivity contribution in [2.24, 2.45) is 5.10 Å². The first-order chi connectivity index (χ1) is 20.8. The molecule has 0 spiro atoms. The average molecular weight is 603 g/mol. The summed E-state index contributed by atoms with van der Waals surface area (Å²) < 4.78 is 12.5. The lowest BCUT2D eigenvalue weighted by Gasteiger charge is -2.10. The summed E-state index contributed by atoms with van der Waals surface area (Å²) in [5.74, 6) is -0.0326. The van der Waals surface area contributed by atoms with Crippen LogP contribution in [0.5, 0.6) is 11.5 Å². The molecule has 2 aromatic heterocycles. The van der Waals surface area contributed by atoms with Crippen molar-refractivity contribution in [3.8, 4) is 11.5 Å². The molecule has 0 aliphatic heterocycles. The van der Waals surface area contributed by atoms with Gasteiger partial charge in [-0.05, 0) is 42.0 Å². The van der Waals surface area contributed by atoms with Gasteiger partial charge in [-0.3, -0.25) is 19.7 Å². The summed E-state index contributed by atoms with van der Waals surface area (Å²) in [7, 11) is 1.49. The van der Waals surface area contributed by atoms with Gasteiger partial charge in [-0.25, -0.2) is 10.1 Å². The monoisotopic (exact) mass is 602 g/mol. The van der Waals surface area contributed by atoms with Crippen LogP contribution in [-0.4, -0.2) is 50.0 Å². The fraction of sp³-hybridized carbons (Fsp3) is 0.107. The Labute approximate surface area is 248 Å². The van der Waals surface area contributed by atoms with Crippen LogP contribution >= 0.6 is 11.6 Å². The Hall–Kier alpha value is -5.76. The van der Waals surface area contributed by atoms with Gasteiger partial charge in [0.15, 0.2) is 11.5 Å². The summed E-state index contributed by atoms with van der Waals surface area (Å²) in [6.07, 6.45) is 3.00. The minimum atomic E-state index is -0.634. The van der Waals surface area contributed by atoms with Crippen molar-refractivity contribution in [1.29, 1.82) is 0 Å². The number of nitrogens with one attached hydrogen (secondary N) is 3. The first kappa shape index (κ1) is 28.8. The van der Waals surface area contributed by atoms with Crippen LogP contribution in [0.4, 0.5) is 11.4 Å². The normalized spacial score (nSPS) is 11.0. The van der Waals surface area contributed by atoms with E-state index in [0.29, 0.717) is 28.5 Å². The highest BCUT2D eigenvalue weighted by atomic mass is 35.5. The molecule has 0 bridgehead atoms. The number of ether oxygens (including phenoxy) is 2. The molecule has 3 N–H and O–H groups in total. The van der Waals surface area contributed by atoms with Crippen LogP contribution < -0.4 is 20.2 Å². The number of nitrogens with zero attached hydrogens (tertiary/aromatic N) is 5. The summed E-state index contributed by atoms with van der Waals surface area (Å²) in [5.41, 5.74) is 4.63. The van der Waals surface area contributed by atoms with Gasteiger partial charge in [-0.15, -0.1) is 5.10 Å². The summed E-state index contributed by atoms with van der Waals surface area (Å²) >= 11 is 6.02. The molecule has 0 saturated heterocycles. The molecule has 0 atom stereocenters. The van der Waals surface area contributed by atoms with Crippen molar-refractivity contribution in [1.82, 2.24) is 25.4 Å². The zero-order valence-electron chi connectivity index (χ0n) is 22.5. The van der Waals surface area contributed by atoms with E-state index in [0.717, 1.165) is 10.9 Å². The number of carbonyl (C=O) groups is 2. The number of rotatable bonds is 11. The Kier molecular flexibility index (Phi) is 8.58. The minimum absolute atomic E-state index is 0.0304. The number of fused-ring (bicyclic) bond motifs is 1. The Morgan fingerprint density at radius 3 is 2.77 bits per heavy atom. The molecule has 0 unspecified atom stereocenters. The number of nitro benzene ring substituents is 1. The molecule has 0 aliphatic carbocycles. The van der Waals surface area contributed by atoms with Crippen molar-refractivity contribution in [2.75, 3.05) is 12.4 Å². The molecule has 15 heteroatoms. The number of aromatic amines is 1. The number of hydrogen-bond donors (Lipinski definition) is 3. The average Bonchev–Trinajstić information content (AvgIpc) is 3.64. The van der Waals surface area contributed by atoms with E-state index in [1.165, 1.54) is 42.4 Å². The molecule has 5 rings (SSSR count). The highest BCUT2D eigenvalue weighted by molar-refractivity contribution is 6.35. The minimum Gasteiger partial charge on any atom is -0.493 e. The van der Waals surface area contributed by atoms with E-state index < -0.39 is 10.8 Å². The largest absolute Gasteiger partial charge is 0.493 e. The topological polar surface area (TPSA) is 179 Å². The second-order valence-electron chi connectivity index (χ2n) is 9.02. The Morgan fingerprint density at radius 2 is 1.98 bits per heavy atom. The van der Waals surface area contributed by atoms with E-state index in [1.807, 2.05) is 24.3 Å². The third kappa shape index (κ3) is 6.94. The molecule has 14 nitrogen and oxygen atoms in total. The van der Waals surface area contributed by atoms with Crippen LogP contribution in [0.15, 0.2) is 78.0 Å². The first-order valence-electron chi connectivity index (χ1n) is 12.6. The molecule has 5 aromatic rings. The van der Waals surface area contributed by atoms with E-state index in [9.17, 15) is 19.7 Å². The molecule has 2 heterocycles. The number of hydrazone groups is 1. The number of halogens is 1. The van der Waals surface area contributed by atoms with E-state index in [2.05, 4.69) is 31.1 Å². The van der Waals surface area contributed by atoms with Gasteiger partial charge in [-0.1, -0.05) is 41.1 Å². The number of H-pyrrole nitrogens is 1. The van der Waals surface area contributed by atoms with Crippen LogP contribution in [-0.2, 0) is 17.9 Å². The summed E-state index contributed by atoms with van der Waals surface area (Å²) in [6, 6.07) is 18.5. The molecule has 43 heavy (non-hydrogen) atoms. The summed E-state index contributed by atoms with van der Waals surface area (Å²) in [5, 5.41) is 26.3. The zero-order valence-corrected chi connectivity index (χ0v) is 23.2. The Bertz CT molecular complexity index is 1820. The number of para-hydroxylation sites is 1. The molecular formula is C28H23ClN8O6. The third-order valence-corrected chi connectivity index (χ3v) is 6.46. The highest BCUT2D eigenvalue weighted by Crippen LogP contribution is 2.31. The van der Waals surface area contributed by atoms with Gasteiger partial charge in [0.25, 0.3) is 11.6 Å². The molecular weight excluding hydrogens is 580 g/mol. The molecule has 218 valence electrons. The van der Waals surface area contributed by atoms with E-state index in [-0.39, 0.29) is 35.5 Å². The third-order valence-electron chi connectivity index (χ3n) is 6.06. The second kappa shape index (κ2) is 12.8. The Balaban J connectivity index is 1.14. The molecule has 2 amide bonds. The molecule has 0 aliphatic rings. The maximum absolute atomic E-state index is 12.4. The maximum atomic E-state index is 12.4. The van der Waals surface area contributed by atoms with Crippen molar-refractivity contribution in [2.45, 2.75) is 13.2 Å².